The number of nitrogens with zero attached hydrogens (tertiary/aromatic N) is 2. The highest BCUT2D eigenvalue weighted by Gasteiger charge is 2.51. The maximum atomic E-state index is 6.17. The van der Waals surface area contributed by atoms with Crippen molar-refractivity contribution in [3.63, 3.8) is 0 Å². The first kappa shape index (κ1) is 15.4. The number of hydrogen-bond donors (Lipinski definition) is 0. The van der Waals surface area contributed by atoms with Gasteiger partial charge < -0.3 is 22.9 Å². The van der Waals surface area contributed by atoms with Crippen LogP contribution in [0.15, 0.2) is 0 Å². The van der Waals surface area contributed by atoms with Crippen LogP contribution in [0.4, 0.5) is 0 Å². The molecule has 6 nitrogen and oxygen atoms in total. The molecule has 0 aromatic rings. The zero-order valence-corrected chi connectivity index (χ0v) is 13.3. The first-order valence-corrected chi connectivity index (χ1v) is 8.80. The van der Waals surface area contributed by atoms with Crippen molar-refractivity contribution >= 4 is 8.97 Å². The van der Waals surface area contributed by atoms with Gasteiger partial charge in [0, 0.05) is 32.8 Å². The zero-order chi connectivity index (χ0) is 13.7. The van der Waals surface area contributed by atoms with Gasteiger partial charge in [-0.15, -0.1) is 0 Å². The Morgan fingerprint density at radius 2 is 1.95 bits per heavy atom. The van der Waals surface area contributed by atoms with Gasteiger partial charge in [0.25, 0.3) is 0 Å². The Balaban J connectivity index is 2.09. The van der Waals surface area contributed by atoms with E-state index in [-0.39, 0.29) is 6.10 Å². The monoisotopic (exact) mass is 290 g/mol. The molecule has 0 saturated carbocycles. The summed E-state index contributed by atoms with van der Waals surface area (Å²) in [4.78, 5) is 2.32. The predicted octanol–water partition coefficient (Wildman–Crippen LogP) is 0.158. The SMILES string of the molecule is CCO[Si]1(N2CCN(C)CC2)OCCOCC(C)O1. The molecule has 0 bridgehead atoms. The van der Waals surface area contributed by atoms with Gasteiger partial charge in [-0.2, -0.15) is 0 Å². The van der Waals surface area contributed by atoms with Gasteiger partial charge in [0.1, 0.15) is 0 Å². The minimum atomic E-state index is -2.73. The fourth-order valence-corrected chi connectivity index (χ4v) is 5.16. The molecule has 0 N–H and O–H groups in total. The third-order valence-electron chi connectivity index (χ3n) is 3.43. The molecule has 2 rings (SSSR count). The summed E-state index contributed by atoms with van der Waals surface area (Å²) < 4.78 is 25.9. The molecule has 19 heavy (non-hydrogen) atoms. The molecule has 0 aromatic carbocycles. The van der Waals surface area contributed by atoms with Crippen molar-refractivity contribution < 1.29 is 18.0 Å². The summed E-state index contributed by atoms with van der Waals surface area (Å²) in [5.74, 6) is 0. The van der Waals surface area contributed by atoms with Crippen molar-refractivity contribution in [2.45, 2.75) is 20.0 Å². The van der Waals surface area contributed by atoms with E-state index >= 15 is 0 Å². The molecule has 2 unspecified atom stereocenters. The number of likely N-dealkylation sites (N-methyl/N-ethyl adjacent to an activating group) is 1. The summed E-state index contributed by atoms with van der Waals surface area (Å²) in [5.41, 5.74) is 0. The molecule has 112 valence electrons. The lowest BCUT2D eigenvalue weighted by molar-refractivity contribution is -0.0755. The van der Waals surface area contributed by atoms with E-state index in [0.29, 0.717) is 26.4 Å². The van der Waals surface area contributed by atoms with Crippen LogP contribution in [0, 0.1) is 0 Å². The van der Waals surface area contributed by atoms with Gasteiger partial charge in [0.15, 0.2) is 0 Å². The van der Waals surface area contributed by atoms with Gasteiger partial charge in [-0.3, -0.25) is 4.57 Å². The highest BCUT2D eigenvalue weighted by Crippen LogP contribution is 2.21. The largest absolute Gasteiger partial charge is 0.600 e. The molecule has 0 spiro atoms. The van der Waals surface area contributed by atoms with Crippen LogP contribution in [0.5, 0.6) is 0 Å². The van der Waals surface area contributed by atoms with E-state index in [0.717, 1.165) is 26.2 Å². The lowest BCUT2D eigenvalue weighted by Crippen LogP contribution is -2.67. The minimum Gasteiger partial charge on any atom is -0.376 e. The fraction of sp³-hybridized carbons (Fsp3) is 1.00. The number of hydrogen-bond acceptors (Lipinski definition) is 6. The number of rotatable bonds is 3. The molecule has 2 aliphatic heterocycles. The summed E-state index contributed by atoms with van der Waals surface area (Å²) in [5, 5.41) is 0. The minimum absolute atomic E-state index is 0.0122. The summed E-state index contributed by atoms with van der Waals surface area (Å²) in [6, 6.07) is 0. The summed E-state index contributed by atoms with van der Waals surface area (Å²) in [7, 11) is -0.589. The van der Waals surface area contributed by atoms with Gasteiger partial charge in [0.2, 0.25) is 0 Å². The Morgan fingerprint density at radius 1 is 1.21 bits per heavy atom. The molecule has 2 heterocycles. The first-order chi connectivity index (χ1) is 9.16. The van der Waals surface area contributed by atoms with Crippen LogP contribution in [0.3, 0.4) is 0 Å². The first-order valence-electron chi connectivity index (χ1n) is 7.13. The molecule has 0 radical (unpaired) electrons. The number of ether oxygens (including phenoxy) is 1. The molecule has 2 atom stereocenters. The maximum Gasteiger partial charge on any atom is 0.600 e. The Bertz CT molecular complexity index is 276. The van der Waals surface area contributed by atoms with Crippen LogP contribution in [0.1, 0.15) is 13.8 Å². The van der Waals surface area contributed by atoms with Crippen LogP contribution in [0.2, 0.25) is 0 Å². The Labute approximate surface area is 117 Å². The van der Waals surface area contributed by atoms with Crippen molar-refractivity contribution in [1.82, 2.24) is 9.47 Å². The highest BCUT2D eigenvalue weighted by molar-refractivity contribution is 6.57. The van der Waals surface area contributed by atoms with E-state index in [9.17, 15) is 0 Å². The van der Waals surface area contributed by atoms with Gasteiger partial charge in [0.05, 0.1) is 25.9 Å². The molecule has 0 aromatic heterocycles. The average Bonchev–Trinajstić information content (AvgIpc) is 2.36. The molecule has 7 heteroatoms. The molecule has 0 amide bonds. The van der Waals surface area contributed by atoms with E-state index in [1.165, 1.54) is 0 Å². The van der Waals surface area contributed by atoms with Gasteiger partial charge in [-0.25, -0.2) is 0 Å². The van der Waals surface area contributed by atoms with E-state index < -0.39 is 8.97 Å². The molecule has 2 fully saturated rings. The van der Waals surface area contributed by atoms with E-state index in [2.05, 4.69) is 16.5 Å². The fourth-order valence-electron chi connectivity index (χ4n) is 2.40. The second-order valence-electron chi connectivity index (χ2n) is 5.10. The van der Waals surface area contributed by atoms with Crippen molar-refractivity contribution in [1.29, 1.82) is 0 Å². The van der Waals surface area contributed by atoms with Crippen molar-refractivity contribution in [3.05, 3.63) is 0 Å². The van der Waals surface area contributed by atoms with Crippen molar-refractivity contribution in [2.75, 3.05) is 59.7 Å². The lowest BCUT2D eigenvalue weighted by atomic mass is 10.4. The van der Waals surface area contributed by atoms with Crippen molar-refractivity contribution in [2.24, 2.45) is 0 Å². The van der Waals surface area contributed by atoms with Gasteiger partial charge in [-0.1, -0.05) is 0 Å². The normalized spacial score (nSPS) is 35.8. The van der Waals surface area contributed by atoms with Crippen LogP contribution in [-0.2, 0) is 18.0 Å². The lowest BCUT2D eigenvalue weighted by Gasteiger charge is -2.43. The zero-order valence-electron chi connectivity index (χ0n) is 12.3. The summed E-state index contributed by atoms with van der Waals surface area (Å²) in [6.45, 7) is 10.3. The van der Waals surface area contributed by atoms with Crippen molar-refractivity contribution in [3.8, 4) is 0 Å². The smallest absolute Gasteiger partial charge is 0.376 e. The molecular weight excluding hydrogens is 264 g/mol. The second kappa shape index (κ2) is 7.12. The summed E-state index contributed by atoms with van der Waals surface area (Å²) >= 11 is 0. The summed E-state index contributed by atoms with van der Waals surface area (Å²) in [6.07, 6.45) is 0.0122. The third kappa shape index (κ3) is 3.97. The molecule has 0 aliphatic carbocycles. The Hall–Kier alpha value is -0.0231. The van der Waals surface area contributed by atoms with Crippen LogP contribution < -0.4 is 0 Å². The van der Waals surface area contributed by atoms with Crippen LogP contribution >= 0.6 is 0 Å². The second-order valence-corrected chi connectivity index (χ2v) is 7.59. The highest BCUT2D eigenvalue weighted by atomic mass is 28.4. The molecular formula is C12H26N2O4Si. The molecule has 2 saturated heterocycles. The standard InChI is InChI=1S/C12H26N2O4Si/c1-4-16-19(14-7-5-13(3)6-8-14)17-10-9-15-11-12(2)18-19/h12H,4-11H2,1-3H3. The Morgan fingerprint density at radius 3 is 2.63 bits per heavy atom. The topological polar surface area (TPSA) is 43.4 Å². The van der Waals surface area contributed by atoms with Crippen LogP contribution in [0.25, 0.3) is 0 Å². The van der Waals surface area contributed by atoms with Crippen LogP contribution in [-0.4, -0.2) is 84.2 Å². The molecule has 2 aliphatic rings. The number of piperazine rings is 1. The Kier molecular flexibility index (Phi) is 5.76. The van der Waals surface area contributed by atoms with E-state index in [1.54, 1.807) is 0 Å². The quantitative estimate of drug-likeness (QED) is 0.690. The maximum absolute atomic E-state index is 6.17. The van der Waals surface area contributed by atoms with E-state index in [4.69, 9.17) is 18.0 Å². The average molecular weight is 290 g/mol. The third-order valence-corrected chi connectivity index (χ3v) is 6.58. The van der Waals surface area contributed by atoms with Gasteiger partial charge in [-0.05, 0) is 20.9 Å². The van der Waals surface area contributed by atoms with Gasteiger partial charge >= 0.3 is 8.97 Å². The predicted molar refractivity (Wildman–Crippen MR) is 73.8 cm³/mol. The van der Waals surface area contributed by atoms with E-state index in [1.807, 2.05) is 13.8 Å².